The first-order valence-electron chi connectivity index (χ1n) is 5.96. The molecule has 0 unspecified atom stereocenters. The highest BCUT2D eigenvalue weighted by Crippen LogP contribution is 2.13. The van der Waals surface area contributed by atoms with Gasteiger partial charge in [-0.2, -0.15) is 5.10 Å². The molecule has 18 heavy (non-hydrogen) atoms. The number of aromatic amines is 1. The minimum absolute atomic E-state index is 0.204. The van der Waals surface area contributed by atoms with Crippen molar-refractivity contribution < 1.29 is 5.11 Å². The van der Waals surface area contributed by atoms with Crippen LogP contribution in [0.2, 0.25) is 0 Å². The number of hydrogen-bond acceptors (Lipinski definition) is 3. The van der Waals surface area contributed by atoms with E-state index in [1.807, 2.05) is 36.7 Å². The third-order valence-corrected chi connectivity index (χ3v) is 2.85. The highest BCUT2D eigenvalue weighted by molar-refractivity contribution is 5.75. The summed E-state index contributed by atoms with van der Waals surface area (Å²) in [7, 11) is 0. The number of benzene rings is 1. The topological polar surface area (TPSA) is 66.7 Å². The standard InChI is InChI=1S/C13H14N4O/c18-7-3-4-10-8-14-17(9-10)13-15-11-5-1-2-6-12(11)16-13/h1-2,5-6,8-9,18H,3-4,7H2,(H,15,16). The lowest BCUT2D eigenvalue weighted by Gasteiger charge is -1.94. The molecule has 92 valence electrons. The van der Waals surface area contributed by atoms with E-state index in [4.69, 9.17) is 5.11 Å². The van der Waals surface area contributed by atoms with Gasteiger partial charge in [0.05, 0.1) is 17.2 Å². The largest absolute Gasteiger partial charge is 0.396 e. The molecule has 0 saturated carbocycles. The van der Waals surface area contributed by atoms with Crippen molar-refractivity contribution in [3.63, 3.8) is 0 Å². The van der Waals surface area contributed by atoms with Crippen LogP contribution in [0.5, 0.6) is 0 Å². The van der Waals surface area contributed by atoms with E-state index in [9.17, 15) is 0 Å². The van der Waals surface area contributed by atoms with Gasteiger partial charge in [0.1, 0.15) is 0 Å². The molecular weight excluding hydrogens is 228 g/mol. The molecule has 0 atom stereocenters. The van der Waals surface area contributed by atoms with Gasteiger partial charge in [-0.15, -0.1) is 0 Å². The first-order chi connectivity index (χ1) is 8.86. The lowest BCUT2D eigenvalue weighted by molar-refractivity contribution is 0.288. The van der Waals surface area contributed by atoms with E-state index in [-0.39, 0.29) is 6.61 Å². The Balaban J connectivity index is 1.91. The number of H-pyrrole nitrogens is 1. The molecule has 0 spiro atoms. The summed E-state index contributed by atoms with van der Waals surface area (Å²) in [5.41, 5.74) is 3.03. The number of nitrogens with one attached hydrogen (secondary N) is 1. The molecule has 0 aliphatic carbocycles. The first kappa shape index (κ1) is 11.0. The average molecular weight is 242 g/mol. The quantitative estimate of drug-likeness (QED) is 0.731. The summed E-state index contributed by atoms with van der Waals surface area (Å²) in [4.78, 5) is 7.69. The number of hydrogen-bond donors (Lipinski definition) is 2. The maximum atomic E-state index is 8.80. The third-order valence-electron chi connectivity index (χ3n) is 2.85. The number of nitrogens with zero attached hydrogens (tertiary/aromatic N) is 3. The fraction of sp³-hybridized carbons (Fsp3) is 0.231. The van der Waals surface area contributed by atoms with Crippen molar-refractivity contribution >= 4 is 11.0 Å². The number of para-hydroxylation sites is 2. The molecule has 3 aromatic rings. The summed E-state index contributed by atoms with van der Waals surface area (Å²) in [6.07, 6.45) is 5.33. The van der Waals surface area contributed by atoms with E-state index in [0.717, 1.165) is 29.4 Å². The molecule has 0 aliphatic rings. The zero-order chi connectivity index (χ0) is 12.4. The number of aliphatic hydroxyl groups excluding tert-OH is 1. The first-order valence-corrected chi connectivity index (χ1v) is 5.96. The number of aliphatic hydroxyl groups is 1. The lowest BCUT2D eigenvalue weighted by Crippen LogP contribution is -1.96. The van der Waals surface area contributed by atoms with Gasteiger partial charge in [0.15, 0.2) is 0 Å². The van der Waals surface area contributed by atoms with E-state index in [0.29, 0.717) is 5.95 Å². The molecular formula is C13H14N4O. The summed E-state index contributed by atoms with van der Waals surface area (Å²) >= 11 is 0. The van der Waals surface area contributed by atoms with Crippen molar-refractivity contribution in [2.75, 3.05) is 6.61 Å². The minimum atomic E-state index is 0.204. The van der Waals surface area contributed by atoms with Gasteiger partial charge in [-0.25, -0.2) is 9.67 Å². The van der Waals surface area contributed by atoms with Gasteiger partial charge in [0, 0.05) is 12.8 Å². The van der Waals surface area contributed by atoms with Gasteiger partial charge in [0.2, 0.25) is 5.95 Å². The monoisotopic (exact) mass is 242 g/mol. The van der Waals surface area contributed by atoms with Crippen LogP contribution in [0.4, 0.5) is 0 Å². The van der Waals surface area contributed by atoms with Crippen molar-refractivity contribution in [1.82, 2.24) is 19.7 Å². The molecule has 0 radical (unpaired) electrons. The third kappa shape index (κ3) is 2.00. The van der Waals surface area contributed by atoms with Crippen LogP contribution < -0.4 is 0 Å². The Bertz CT molecular complexity index is 623. The van der Waals surface area contributed by atoms with Gasteiger partial charge in [-0.3, -0.25) is 0 Å². The molecule has 0 saturated heterocycles. The molecule has 0 amide bonds. The van der Waals surface area contributed by atoms with Crippen molar-refractivity contribution in [3.05, 3.63) is 42.2 Å². The van der Waals surface area contributed by atoms with Crippen LogP contribution in [-0.4, -0.2) is 31.5 Å². The van der Waals surface area contributed by atoms with Crippen LogP contribution in [0.3, 0.4) is 0 Å². The van der Waals surface area contributed by atoms with Gasteiger partial charge in [-0.05, 0) is 30.5 Å². The number of fused-ring (bicyclic) bond motifs is 1. The van der Waals surface area contributed by atoms with Crippen LogP contribution in [0.1, 0.15) is 12.0 Å². The number of rotatable bonds is 4. The van der Waals surface area contributed by atoms with Crippen molar-refractivity contribution in [2.24, 2.45) is 0 Å². The second-order valence-corrected chi connectivity index (χ2v) is 4.20. The van der Waals surface area contributed by atoms with Gasteiger partial charge >= 0.3 is 0 Å². The molecule has 2 heterocycles. The van der Waals surface area contributed by atoms with Crippen LogP contribution in [0, 0.1) is 0 Å². The molecule has 0 bridgehead atoms. The summed E-state index contributed by atoms with van der Waals surface area (Å²) < 4.78 is 1.73. The van der Waals surface area contributed by atoms with Gasteiger partial charge < -0.3 is 10.1 Å². The van der Waals surface area contributed by atoms with Gasteiger partial charge in [0.25, 0.3) is 0 Å². The summed E-state index contributed by atoms with van der Waals surface area (Å²) in [5, 5.41) is 13.1. The number of imidazole rings is 1. The molecule has 1 aromatic carbocycles. The highest BCUT2D eigenvalue weighted by atomic mass is 16.2. The maximum absolute atomic E-state index is 8.80. The predicted octanol–water partition coefficient (Wildman–Crippen LogP) is 1.67. The van der Waals surface area contributed by atoms with E-state index in [1.54, 1.807) is 4.68 Å². The molecule has 0 fully saturated rings. The second kappa shape index (κ2) is 4.62. The van der Waals surface area contributed by atoms with Crippen LogP contribution in [0.25, 0.3) is 17.0 Å². The Morgan fingerprint density at radius 1 is 1.28 bits per heavy atom. The zero-order valence-corrected chi connectivity index (χ0v) is 9.87. The van der Waals surface area contributed by atoms with E-state index < -0.39 is 0 Å². The van der Waals surface area contributed by atoms with Crippen LogP contribution >= 0.6 is 0 Å². The normalized spacial score (nSPS) is 11.2. The summed E-state index contributed by atoms with van der Waals surface area (Å²) in [6, 6.07) is 7.89. The molecule has 3 rings (SSSR count). The Labute approximate surface area is 104 Å². The molecule has 2 N–H and O–H groups in total. The second-order valence-electron chi connectivity index (χ2n) is 4.20. The Morgan fingerprint density at radius 2 is 2.17 bits per heavy atom. The van der Waals surface area contributed by atoms with E-state index >= 15 is 0 Å². The fourth-order valence-corrected chi connectivity index (χ4v) is 1.94. The molecule has 5 nitrogen and oxygen atoms in total. The van der Waals surface area contributed by atoms with E-state index in [1.165, 1.54) is 0 Å². The Hall–Kier alpha value is -2.14. The number of aromatic nitrogens is 4. The van der Waals surface area contributed by atoms with E-state index in [2.05, 4.69) is 15.1 Å². The Kier molecular flexibility index (Phi) is 2.82. The highest BCUT2D eigenvalue weighted by Gasteiger charge is 2.05. The maximum Gasteiger partial charge on any atom is 0.229 e. The van der Waals surface area contributed by atoms with Crippen molar-refractivity contribution in [3.8, 4) is 5.95 Å². The predicted molar refractivity (Wildman–Crippen MR) is 68.6 cm³/mol. The molecule has 0 aliphatic heterocycles. The minimum Gasteiger partial charge on any atom is -0.396 e. The summed E-state index contributed by atoms with van der Waals surface area (Å²) in [6.45, 7) is 0.204. The fourth-order valence-electron chi connectivity index (χ4n) is 1.94. The van der Waals surface area contributed by atoms with Crippen LogP contribution in [-0.2, 0) is 6.42 Å². The SMILES string of the molecule is OCCCc1cnn(-c2nc3ccccc3[nH]2)c1. The van der Waals surface area contributed by atoms with Gasteiger partial charge in [-0.1, -0.05) is 12.1 Å². The number of aryl methyl sites for hydroxylation is 1. The van der Waals surface area contributed by atoms with Crippen molar-refractivity contribution in [1.29, 1.82) is 0 Å². The van der Waals surface area contributed by atoms with Crippen LogP contribution in [0.15, 0.2) is 36.7 Å². The lowest BCUT2D eigenvalue weighted by atomic mass is 10.2. The smallest absolute Gasteiger partial charge is 0.229 e. The average Bonchev–Trinajstić information content (AvgIpc) is 3.02. The molecule has 5 heteroatoms. The Morgan fingerprint density at radius 3 is 3.00 bits per heavy atom. The zero-order valence-electron chi connectivity index (χ0n) is 9.87. The molecule has 2 aromatic heterocycles. The van der Waals surface area contributed by atoms with Crippen molar-refractivity contribution in [2.45, 2.75) is 12.8 Å². The summed E-state index contributed by atoms with van der Waals surface area (Å²) in [5.74, 6) is 0.714.